The number of nitrogens with one attached hydrogen (secondary N) is 1. The van der Waals surface area contributed by atoms with Crippen molar-refractivity contribution in [2.24, 2.45) is 4.99 Å². The van der Waals surface area contributed by atoms with Crippen molar-refractivity contribution in [3.05, 3.63) is 65.9 Å². The van der Waals surface area contributed by atoms with Gasteiger partial charge in [0.25, 0.3) is 0 Å². The van der Waals surface area contributed by atoms with Crippen molar-refractivity contribution in [1.29, 1.82) is 0 Å². The lowest BCUT2D eigenvalue weighted by Crippen LogP contribution is -2.41. The molecule has 0 amide bonds. The fraction of sp³-hybridized carbons (Fsp3) is 0.318. The highest BCUT2D eigenvalue weighted by Crippen LogP contribution is 2.35. The molecule has 1 N–H and O–H groups in total. The molecule has 2 atom stereocenters. The first-order valence-corrected chi connectivity index (χ1v) is 10.1. The molecule has 2 aliphatic heterocycles. The van der Waals surface area contributed by atoms with E-state index < -0.39 is 0 Å². The molecule has 154 valence electrons. The van der Waals surface area contributed by atoms with Gasteiger partial charge in [0, 0.05) is 19.0 Å². The minimum absolute atomic E-state index is 0.0630. The SMILES string of the molecule is CN(C)C1C=NC(c2cnc3ccc(N4CCCC4c4cccc(F)c4)nn23)=CN1. The number of rotatable bonds is 4. The summed E-state index contributed by atoms with van der Waals surface area (Å²) in [5.74, 6) is 0.651. The summed E-state index contributed by atoms with van der Waals surface area (Å²) in [4.78, 5) is 13.4. The first-order chi connectivity index (χ1) is 14.6. The minimum Gasteiger partial charge on any atom is -0.369 e. The molecule has 0 radical (unpaired) electrons. The molecule has 7 nitrogen and oxygen atoms in total. The van der Waals surface area contributed by atoms with Gasteiger partial charge >= 0.3 is 0 Å². The molecule has 0 bridgehead atoms. The van der Waals surface area contributed by atoms with Gasteiger partial charge in [-0.15, -0.1) is 5.10 Å². The van der Waals surface area contributed by atoms with Gasteiger partial charge in [0.15, 0.2) is 5.65 Å². The molecule has 0 aliphatic carbocycles. The van der Waals surface area contributed by atoms with Gasteiger partial charge in [-0.3, -0.25) is 9.89 Å². The molecule has 2 aromatic heterocycles. The summed E-state index contributed by atoms with van der Waals surface area (Å²) in [5, 5.41) is 8.20. The lowest BCUT2D eigenvalue weighted by Gasteiger charge is -2.26. The summed E-state index contributed by atoms with van der Waals surface area (Å²) in [6.07, 6.45) is 7.65. The van der Waals surface area contributed by atoms with Crippen LogP contribution in [0.5, 0.6) is 0 Å². The van der Waals surface area contributed by atoms with Crippen LogP contribution in [0, 0.1) is 5.82 Å². The fourth-order valence-electron chi connectivity index (χ4n) is 4.11. The zero-order valence-corrected chi connectivity index (χ0v) is 17.0. The molecule has 5 rings (SSSR count). The predicted octanol–water partition coefficient (Wildman–Crippen LogP) is 3.07. The Bertz CT molecular complexity index is 1130. The van der Waals surface area contributed by atoms with Crippen molar-refractivity contribution in [1.82, 2.24) is 24.8 Å². The fourth-order valence-corrected chi connectivity index (χ4v) is 4.11. The highest BCUT2D eigenvalue weighted by atomic mass is 19.1. The summed E-state index contributed by atoms with van der Waals surface area (Å²) < 4.78 is 15.6. The standard InChI is InChI=1S/C22H24FN7/c1-28(2)22-14-24-17(12-25-22)19-13-26-20-8-9-21(27-30(19)20)29-10-4-7-18(29)15-5-3-6-16(23)11-15/h3,5-6,8-9,11-14,18,22,25H,4,7,10H2,1-2H3. The quantitative estimate of drug-likeness (QED) is 0.723. The summed E-state index contributed by atoms with van der Waals surface area (Å²) in [6.45, 7) is 0.886. The molecule has 30 heavy (non-hydrogen) atoms. The Hall–Kier alpha value is -3.26. The molecule has 2 aliphatic rings. The van der Waals surface area contributed by atoms with Crippen LogP contribution in [0.1, 0.15) is 30.1 Å². The summed E-state index contributed by atoms with van der Waals surface area (Å²) in [5.41, 5.74) is 3.36. The van der Waals surface area contributed by atoms with Gasteiger partial charge in [0.1, 0.15) is 29.2 Å². The van der Waals surface area contributed by atoms with Crippen molar-refractivity contribution >= 4 is 23.4 Å². The summed E-state index contributed by atoms with van der Waals surface area (Å²) >= 11 is 0. The van der Waals surface area contributed by atoms with E-state index in [4.69, 9.17) is 5.10 Å². The van der Waals surface area contributed by atoms with Gasteiger partial charge in [-0.25, -0.2) is 13.9 Å². The van der Waals surface area contributed by atoms with Crippen molar-refractivity contribution in [3.8, 4) is 0 Å². The second kappa shape index (κ2) is 7.53. The number of halogens is 1. The third-order valence-corrected chi connectivity index (χ3v) is 5.69. The van der Waals surface area contributed by atoms with Gasteiger partial charge in [-0.05, 0) is 56.8 Å². The average Bonchev–Trinajstić information content (AvgIpc) is 3.40. The maximum Gasteiger partial charge on any atom is 0.154 e. The van der Waals surface area contributed by atoms with E-state index in [2.05, 4.69) is 20.2 Å². The molecule has 3 aromatic rings. The minimum atomic E-state index is -0.203. The van der Waals surface area contributed by atoms with E-state index in [0.717, 1.165) is 47.8 Å². The number of aliphatic imine (C=N–C) groups is 1. The smallest absolute Gasteiger partial charge is 0.154 e. The zero-order chi connectivity index (χ0) is 20.7. The van der Waals surface area contributed by atoms with Crippen LogP contribution < -0.4 is 10.2 Å². The number of anilines is 1. The van der Waals surface area contributed by atoms with Crippen LogP contribution in [-0.4, -0.2) is 52.5 Å². The summed E-state index contributed by atoms with van der Waals surface area (Å²) in [6, 6.07) is 10.9. The van der Waals surface area contributed by atoms with E-state index in [9.17, 15) is 4.39 Å². The third kappa shape index (κ3) is 3.33. The maximum absolute atomic E-state index is 13.8. The first kappa shape index (κ1) is 18.7. The number of fused-ring (bicyclic) bond motifs is 1. The van der Waals surface area contributed by atoms with Gasteiger partial charge in [-0.2, -0.15) is 0 Å². The second-order valence-electron chi connectivity index (χ2n) is 7.89. The Labute approximate surface area is 174 Å². The molecular formula is C22H24FN7. The van der Waals surface area contributed by atoms with Crippen molar-refractivity contribution in [3.63, 3.8) is 0 Å². The molecule has 0 saturated carbocycles. The highest BCUT2D eigenvalue weighted by Gasteiger charge is 2.28. The number of benzene rings is 1. The Morgan fingerprint density at radius 2 is 2.10 bits per heavy atom. The van der Waals surface area contributed by atoms with Gasteiger partial charge < -0.3 is 10.2 Å². The normalized spacial score (nSPS) is 21.3. The predicted molar refractivity (Wildman–Crippen MR) is 116 cm³/mol. The van der Waals surface area contributed by atoms with E-state index in [1.54, 1.807) is 18.3 Å². The Morgan fingerprint density at radius 3 is 2.87 bits per heavy atom. The summed E-state index contributed by atoms with van der Waals surface area (Å²) in [7, 11) is 3.99. The molecule has 0 spiro atoms. The molecule has 8 heteroatoms. The van der Waals surface area contributed by atoms with Crippen LogP contribution in [0.2, 0.25) is 0 Å². The number of hydrogen-bond donors (Lipinski definition) is 1. The van der Waals surface area contributed by atoms with Crippen molar-refractivity contribution < 1.29 is 4.39 Å². The van der Waals surface area contributed by atoms with Crippen molar-refractivity contribution in [2.75, 3.05) is 25.5 Å². The number of aromatic nitrogens is 3. The molecule has 1 aromatic carbocycles. The molecule has 2 unspecified atom stereocenters. The molecular weight excluding hydrogens is 381 g/mol. The van der Waals surface area contributed by atoms with Crippen LogP contribution in [0.15, 0.2) is 53.8 Å². The zero-order valence-electron chi connectivity index (χ0n) is 17.0. The lowest BCUT2D eigenvalue weighted by molar-refractivity contribution is 0.340. The van der Waals surface area contributed by atoms with Crippen LogP contribution in [0.3, 0.4) is 0 Å². The largest absolute Gasteiger partial charge is 0.369 e. The molecule has 1 fully saturated rings. The van der Waals surface area contributed by atoms with E-state index in [1.165, 1.54) is 6.07 Å². The van der Waals surface area contributed by atoms with Crippen LogP contribution >= 0.6 is 0 Å². The van der Waals surface area contributed by atoms with E-state index in [0.29, 0.717) is 0 Å². The second-order valence-corrected chi connectivity index (χ2v) is 7.89. The van der Waals surface area contributed by atoms with Crippen LogP contribution in [0.4, 0.5) is 10.2 Å². The topological polar surface area (TPSA) is 61.1 Å². The Kier molecular flexibility index (Phi) is 4.71. The monoisotopic (exact) mass is 405 g/mol. The van der Waals surface area contributed by atoms with E-state index >= 15 is 0 Å². The Balaban J connectivity index is 1.48. The van der Waals surface area contributed by atoms with Gasteiger partial charge in [0.05, 0.1) is 12.2 Å². The molecule has 4 heterocycles. The molecule has 1 saturated heterocycles. The van der Waals surface area contributed by atoms with Crippen LogP contribution in [-0.2, 0) is 0 Å². The van der Waals surface area contributed by atoms with Crippen molar-refractivity contribution in [2.45, 2.75) is 25.0 Å². The number of nitrogens with zero attached hydrogens (tertiary/aromatic N) is 6. The average molecular weight is 405 g/mol. The number of hydrogen-bond acceptors (Lipinski definition) is 6. The van der Waals surface area contributed by atoms with E-state index in [1.807, 2.05) is 54.1 Å². The van der Waals surface area contributed by atoms with E-state index in [-0.39, 0.29) is 18.0 Å². The van der Waals surface area contributed by atoms with Crippen LogP contribution in [0.25, 0.3) is 11.3 Å². The number of imidazole rings is 1. The lowest BCUT2D eigenvalue weighted by atomic mass is 10.0. The third-order valence-electron chi connectivity index (χ3n) is 5.69. The maximum atomic E-state index is 13.8. The highest BCUT2D eigenvalue weighted by molar-refractivity contribution is 5.78. The van der Waals surface area contributed by atoms with Gasteiger partial charge in [0.2, 0.25) is 0 Å². The van der Waals surface area contributed by atoms with Gasteiger partial charge in [-0.1, -0.05) is 12.1 Å². The Morgan fingerprint density at radius 1 is 1.20 bits per heavy atom. The first-order valence-electron chi connectivity index (χ1n) is 10.1.